The maximum absolute atomic E-state index is 12.5. The summed E-state index contributed by atoms with van der Waals surface area (Å²) in [6.45, 7) is 3.34. The third-order valence-electron chi connectivity index (χ3n) is 5.16. The van der Waals surface area contributed by atoms with Crippen LogP contribution in [0.3, 0.4) is 0 Å². The largest absolute Gasteiger partial charge is 0.391 e. The van der Waals surface area contributed by atoms with Crippen molar-refractivity contribution in [3.8, 4) is 0 Å². The van der Waals surface area contributed by atoms with Crippen molar-refractivity contribution < 1.29 is 14.7 Å². The monoisotopic (exact) mass is 373 g/mol. The van der Waals surface area contributed by atoms with Gasteiger partial charge in [0.2, 0.25) is 11.8 Å². The molecule has 1 fully saturated rings. The highest BCUT2D eigenvalue weighted by molar-refractivity contribution is 5.82. The van der Waals surface area contributed by atoms with Crippen LogP contribution in [0.25, 0.3) is 10.9 Å². The van der Waals surface area contributed by atoms with Crippen molar-refractivity contribution in [3.05, 3.63) is 30.7 Å². The van der Waals surface area contributed by atoms with Gasteiger partial charge in [0.1, 0.15) is 6.04 Å². The highest BCUT2D eigenvalue weighted by atomic mass is 16.3. The average molecular weight is 373 g/mol. The molecule has 2 aromatic heterocycles. The standard InChI is InChI=1S/C19H27N5O3/c1-13(25)18(20)19(27)22-15-4-9-24(10-5-15)17(26)6-11-23-8-3-14-2-7-21-12-16(14)23/h2-3,7-8,12-13,15,18,25H,4-6,9-11,20H2,1H3,(H,22,27). The van der Waals surface area contributed by atoms with Gasteiger partial charge in [0.05, 0.1) is 17.8 Å². The third kappa shape index (κ3) is 4.64. The van der Waals surface area contributed by atoms with Crippen LogP contribution in [-0.4, -0.2) is 62.6 Å². The number of carbonyl (C=O) groups is 2. The maximum Gasteiger partial charge on any atom is 0.239 e. The summed E-state index contributed by atoms with van der Waals surface area (Å²) in [4.78, 5) is 30.4. The first-order valence-corrected chi connectivity index (χ1v) is 9.36. The Labute approximate surface area is 158 Å². The van der Waals surface area contributed by atoms with Crippen LogP contribution in [0, 0.1) is 0 Å². The van der Waals surface area contributed by atoms with Crippen LogP contribution in [0.5, 0.6) is 0 Å². The number of aryl methyl sites for hydroxylation is 1. The molecule has 1 aliphatic heterocycles. The molecule has 3 rings (SSSR count). The van der Waals surface area contributed by atoms with Gasteiger partial charge in [-0.15, -0.1) is 0 Å². The number of rotatable bonds is 6. The number of hydrogen-bond donors (Lipinski definition) is 3. The Morgan fingerprint density at radius 2 is 2.11 bits per heavy atom. The number of hydrogen-bond acceptors (Lipinski definition) is 5. The second-order valence-electron chi connectivity index (χ2n) is 7.12. The Balaban J connectivity index is 1.45. The van der Waals surface area contributed by atoms with Crippen molar-refractivity contribution in [1.82, 2.24) is 19.8 Å². The Kier molecular flexibility index (Phi) is 6.08. The molecular weight excluding hydrogens is 346 g/mol. The van der Waals surface area contributed by atoms with Crippen molar-refractivity contribution in [3.63, 3.8) is 0 Å². The van der Waals surface area contributed by atoms with Crippen molar-refractivity contribution in [2.24, 2.45) is 5.73 Å². The summed E-state index contributed by atoms with van der Waals surface area (Å²) in [6.07, 6.45) is 6.49. The zero-order chi connectivity index (χ0) is 19.4. The summed E-state index contributed by atoms with van der Waals surface area (Å²) < 4.78 is 2.05. The lowest BCUT2D eigenvalue weighted by Crippen LogP contribution is -2.53. The van der Waals surface area contributed by atoms with Gasteiger partial charge in [-0.05, 0) is 31.9 Å². The fourth-order valence-corrected chi connectivity index (χ4v) is 3.39. The number of fused-ring (bicyclic) bond motifs is 1. The number of pyridine rings is 1. The van der Waals surface area contributed by atoms with E-state index in [4.69, 9.17) is 5.73 Å². The number of aromatic nitrogens is 2. The van der Waals surface area contributed by atoms with E-state index in [-0.39, 0.29) is 17.9 Å². The van der Waals surface area contributed by atoms with Crippen LogP contribution in [0.15, 0.2) is 30.7 Å². The number of nitrogens with two attached hydrogens (primary N) is 1. The van der Waals surface area contributed by atoms with Gasteiger partial charge in [0.25, 0.3) is 0 Å². The maximum atomic E-state index is 12.5. The zero-order valence-corrected chi connectivity index (χ0v) is 15.5. The van der Waals surface area contributed by atoms with E-state index in [1.54, 1.807) is 6.20 Å². The van der Waals surface area contributed by atoms with E-state index in [0.29, 0.717) is 38.9 Å². The summed E-state index contributed by atoms with van der Waals surface area (Å²) >= 11 is 0. The molecule has 4 N–H and O–H groups in total. The zero-order valence-electron chi connectivity index (χ0n) is 15.5. The fraction of sp³-hybridized carbons (Fsp3) is 0.526. The van der Waals surface area contributed by atoms with Gasteiger partial charge in [-0.3, -0.25) is 14.6 Å². The van der Waals surface area contributed by atoms with Gasteiger partial charge in [-0.1, -0.05) is 0 Å². The number of likely N-dealkylation sites (tertiary alicyclic amines) is 1. The number of piperidine rings is 1. The van der Waals surface area contributed by atoms with Crippen LogP contribution in [0.4, 0.5) is 0 Å². The molecule has 0 bridgehead atoms. The van der Waals surface area contributed by atoms with E-state index >= 15 is 0 Å². The van der Waals surface area contributed by atoms with Crippen molar-refractivity contribution in [1.29, 1.82) is 0 Å². The molecule has 2 atom stereocenters. The van der Waals surface area contributed by atoms with Crippen LogP contribution in [-0.2, 0) is 16.1 Å². The number of nitrogens with one attached hydrogen (secondary N) is 1. The van der Waals surface area contributed by atoms with Crippen LogP contribution in [0.1, 0.15) is 26.2 Å². The van der Waals surface area contributed by atoms with E-state index in [2.05, 4.69) is 10.3 Å². The number of carbonyl (C=O) groups excluding carboxylic acids is 2. The Hall–Kier alpha value is -2.45. The Bertz CT molecular complexity index is 795. The highest BCUT2D eigenvalue weighted by Crippen LogP contribution is 2.16. The molecule has 2 unspecified atom stereocenters. The lowest BCUT2D eigenvalue weighted by Gasteiger charge is -2.33. The Morgan fingerprint density at radius 3 is 2.81 bits per heavy atom. The minimum atomic E-state index is -0.921. The molecular formula is C19H27N5O3. The van der Waals surface area contributed by atoms with Gasteiger partial charge in [-0.2, -0.15) is 0 Å². The van der Waals surface area contributed by atoms with Crippen LogP contribution in [0.2, 0.25) is 0 Å². The molecule has 1 aliphatic rings. The van der Waals surface area contributed by atoms with Crippen LogP contribution < -0.4 is 11.1 Å². The summed E-state index contributed by atoms with van der Waals surface area (Å²) in [7, 11) is 0. The van der Waals surface area contributed by atoms with E-state index in [1.165, 1.54) is 6.92 Å². The van der Waals surface area contributed by atoms with Gasteiger partial charge in [0, 0.05) is 49.9 Å². The topological polar surface area (TPSA) is 113 Å². The Morgan fingerprint density at radius 1 is 1.37 bits per heavy atom. The first-order chi connectivity index (χ1) is 13.0. The molecule has 8 nitrogen and oxygen atoms in total. The van der Waals surface area contributed by atoms with Crippen LogP contribution >= 0.6 is 0 Å². The number of nitrogens with zero attached hydrogens (tertiary/aromatic N) is 3. The molecule has 0 aromatic carbocycles. The summed E-state index contributed by atoms with van der Waals surface area (Å²) in [6, 6.07) is 3.05. The van der Waals surface area contributed by atoms with Gasteiger partial charge in [0.15, 0.2) is 0 Å². The molecule has 2 amide bonds. The van der Waals surface area contributed by atoms with Gasteiger partial charge in [-0.25, -0.2) is 0 Å². The first-order valence-electron chi connectivity index (χ1n) is 9.36. The number of aliphatic hydroxyl groups excluding tert-OH is 1. The van der Waals surface area contributed by atoms with Crippen molar-refractivity contribution in [2.75, 3.05) is 13.1 Å². The lowest BCUT2D eigenvalue weighted by atomic mass is 10.0. The molecule has 0 aliphatic carbocycles. The predicted octanol–water partition coefficient (Wildman–Crippen LogP) is 0.242. The molecule has 1 saturated heterocycles. The first kappa shape index (κ1) is 19.3. The molecule has 146 valence electrons. The number of aliphatic hydroxyl groups is 1. The minimum absolute atomic E-state index is 0.00850. The molecule has 0 radical (unpaired) electrons. The normalized spacial score (nSPS) is 17.7. The van der Waals surface area contributed by atoms with E-state index < -0.39 is 12.1 Å². The quantitative estimate of drug-likeness (QED) is 0.671. The van der Waals surface area contributed by atoms with E-state index in [0.717, 1.165) is 10.9 Å². The second kappa shape index (κ2) is 8.49. The SMILES string of the molecule is CC(O)C(N)C(=O)NC1CCN(C(=O)CCn2ccc3ccncc32)CC1. The summed E-state index contributed by atoms with van der Waals surface area (Å²) in [5, 5.41) is 13.4. The lowest BCUT2D eigenvalue weighted by molar-refractivity contribution is -0.132. The van der Waals surface area contributed by atoms with Crippen molar-refractivity contribution >= 4 is 22.7 Å². The molecule has 27 heavy (non-hydrogen) atoms. The molecule has 2 aromatic rings. The third-order valence-corrected chi connectivity index (χ3v) is 5.16. The highest BCUT2D eigenvalue weighted by Gasteiger charge is 2.26. The minimum Gasteiger partial charge on any atom is -0.391 e. The fourth-order valence-electron chi connectivity index (χ4n) is 3.39. The predicted molar refractivity (Wildman–Crippen MR) is 102 cm³/mol. The molecule has 0 saturated carbocycles. The van der Waals surface area contributed by atoms with Gasteiger partial charge >= 0.3 is 0 Å². The summed E-state index contributed by atoms with van der Waals surface area (Å²) in [5.41, 5.74) is 6.67. The smallest absolute Gasteiger partial charge is 0.239 e. The molecule has 0 spiro atoms. The van der Waals surface area contributed by atoms with E-state index in [9.17, 15) is 14.7 Å². The summed E-state index contributed by atoms with van der Waals surface area (Å²) in [5.74, 6) is -0.228. The average Bonchev–Trinajstić information content (AvgIpc) is 3.09. The number of amides is 2. The molecule has 3 heterocycles. The molecule has 8 heteroatoms. The van der Waals surface area contributed by atoms with E-state index in [1.807, 2.05) is 34.0 Å². The van der Waals surface area contributed by atoms with Gasteiger partial charge < -0.3 is 25.6 Å². The van der Waals surface area contributed by atoms with Crippen molar-refractivity contribution in [2.45, 2.75) is 50.9 Å². The second-order valence-corrected chi connectivity index (χ2v) is 7.12.